The first-order valence-electron chi connectivity index (χ1n) is 7.93. The van der Waals surface area contributed by atoms with Crippen LogP contribution in [0, 0.1) is 20.8 Å². The summed E-state index contributed by atoms with van der Waals surface area (Å²) in [6.07, 6.45) is 0. The first kappa shape index (κ1) is 17.3. The number of amides is 2. The normalized spacial score (nSPS) is 10.6. The zero-order valence-electron chi connectivity index (χ0n) is 14.6. The maximum absolute atomic E-state index is 12.1. The van der Waals surface area contributed by atoms with E-state index >= 15 is 0 Å². The number of hydrazine groups is 1. The average Bonchev–Trinajstić information content (AvgIpc) is 3.18. The molecular formula is C17H18N6O3. The lowest BCUT2D eigenvalue weighted by molar-refractivity contribution is -0.122. The standard InChI is InChI=1S/C17H18N6O3/c1-10-8-11(2)23(21-10)9-15(24)19-20-16(25)13-4-6-14(7-5-13)17-18-12(3)22-26-17/h4-8H,9H2,1-3H3,(H,19,24)(H,20,25). The second kappa shape index (κ2) is 7.18. The number of benzene rings is 1. The zero-order chi connectivity index (χ0) is 18.7. The quantitative estimate of drug-likeness (QED) is 0.683. The van der Waals surface area contributed by atoms with Gasteiger partial charge in [-0.25, -0.2) is 0 Å². The van der Waals surface area contributed by atoms with E-state index in [0.717, 1.165) is 11.4 Å². The first-order chi connectivity index (χ1) is 12.4. The molecule has 0 atom stereocenters. The SMILES string of the molecule is Cc1cc(C)n(CC(=O)NNC(=O)c2ccc(-c3nc(C)no3)cc2)n1. The van der Waals surface area contributed by atoms with Crippen molar-refractivity contribution in [3.05, 3.63) is 53.1 Å². The van der Waals surface area contributed by atoms with Gasteiger partial charge in [0.2, 0.25) is 0 Å². The number of nitrogens with one attached hydrogen (secondary N) is 2. The monoisotopic (exact) mass is 354 g/mol. The van der Waals surface area contributed by atoms with Gasteiger partial charge >= 0.3 is 0 Å². The van der Waals surface area contributed by atoms with E-state index in [0.29, 0.717) is 22.8 Å². The maximum Gasteiger partial charge on any atom is 0.269 e. The summed E-state index contributed by atoms with van der Waals surface area (Å²) >= 11 is 0. The van der Waals surface area contributed by atoms with E-state index < -0.39 is 5.91 Å². The van der Waals surface area contributed by atoms with Gasteiger partial charge in [-0.15, -0.1) is 0 Å². The number of rotatable bonds is 4. The lowest BCUT2D eigenvalue weighted by Gasteiger charge is -2.08. The van der Waals surface area contributed by atoms with Gasteiger partial charge in [-0.3, -0.25) is 25.1 Å². The maximum atomic E-state index is 12.1. The van der Waals surface area contributed by atoms with Gasteiger partial charge in [-0.2, -0.15) is 10.1 Å². The Morgan fingerprint density at radius 3 is 2.42 bits per heavy atom. The van der Waals surface area contributed by atoms with Crippen LogP contribution in [-0.4, -0.2) is 31.7 Å². The molecule has 26 heavy (non-hydrogen) atoms. The van der Waals surface area contributed by atoms with Crippen LogP contribution in [0.4, 0.5) is 0 Å². The molecule has 134 valence electrons. The molecule has 2 amide bonds. The zero-order valence-corrected chi connectivity index (χ0v) is 14.6. The minimum Gasteiger partial charge on any atom is -0.334 e. The molecule has 2 N–H and O–H groups in total. The molecule has 0 bridgehead atoms. The predicted octanol–water partition coefficient (Wildman–Crippen LogP) is 1.32. The molecule has 0 spiro atoms. The molecule has 0 aliphatic carbocycles. The lowest BCUT2D eigenvalue weighted by atomic mass is 10.1. The molecule has 0 aliphatic rings. The van der Waals surface area contributed by atoms with Gasteiger partial charge in [0.1, 0.15) is 6.54 Å². The highest BCUT2D eigenvalue weighted by molar-refractivity contribution is 5.95. The molecule has 0 unspecified atom stereocenters. The van der Waals surface area contributed by atoms with Crippen LogP contribution in [0.5, 0.6) is 0 Å². The summed E-state index contributed by atoms with van der Waals surface area (Å²) in [6, 6.07) is 8.48. The fraction of sp³-hybridized carbons (Fsp3) is 0.235. The summed E-state index contributed by atoms with van der Waals surface area (Å²) in [6.45, 7) is 5.46. The highest BCUT2D eigenvalue weighted by atomic mass is 16.5. The van der Waals surface area contributed by atoms with Crippen molar-refractivity contribution >= 4 is 11.8 Å². The van der Waals surface area contributed by atoms with Gasteiger partial charge in [0.25, 0.3) is 17.7 Å². The van der Waals surface area contributed by atoms with Crippen LogP contribution in [0.25, 0.3) is 11.5 Å². The van der Waals surface area contributed by atoms with Gasteiger partial charge in [0.05, 0.1) is 5.69 Å². The number of carbonyl (C=O) groups excluding carboxylic acids is 2. The minimum atomic E-state index is -0.431. The van der Waals surface area contributed by atoms with Crippen LogP contribution in [-0.2, 0) is 11.3 Å². The van der Waals surface area contributed by atoms with Crippen molar-refractivity contribution in [3.8, 4) is 11.5 Å². The number of hydrogen-bond acceptors (Lipinski definition) is 6. The fourth-order valence-electron chi connectivity index (χ4n) is 2.39. The number of aryl methyl sites for hydroxylation is 3. The molecule has 0 radical (unpaired) electrons. The van der Waals surface area contributed by atoms with Crippen LogP contribution in [0.1, 0.15) is 27.6 Å². The molecular weight excluding hydrogens is 336 g/mol. The van der Waals surface area contributed by atoms with Crippen molar-refractivity contribution in [3.63, 3.8) is 0 Å². The Labute approximate surface area is 149 Å². The summed E-state index contributed by atoms with van der Waals surface area (Å²) < 4.78 is 6.64. The van der Waals surface area contributed by atoms with Crippen molar-refractivity contribution in [2.45, 2.75) is 27.3 Å². The second-order valence-electron chi connectivity index (χ2n) is 5.81. The Kier molecular flexibility index (Phi) is 4.78. The number of nitrogens with zero attached hydrogens (tertiary/aromatic N) is 4. The summed E-state index contributed by atoms with van der Waals surface area (Å²) in [5.74, 6) is 0.113. The van der Waals surface area contributed by atoms with Crippen LogP contribution >= 0.6 is 0 Å². The lowest BCUT2D eigenvalue weighted by Crippen LogP contribution is -2.43. The summed E-state index contributed by atoms with van der Waals surface area (Å²) in [7, 11) is 0. The summed E-state index contributed by atoms with van der Waals surface area (Å²) in [4.78, 5) is 28.2. The largest absolute Gasteiger partial charge is 0.334 e. The average molecular weight is 354 g/mol. The Morgan fingerprint density at radius 1 is 1.12 bits per heavy atom. The topological polar surface area (TPSA) is 115 Å². The van der Waals surface area contributed by atoms with Crippen molar-refractivity contribution in [2.75, 3.05) is 0 Å². The highest BCUT2D eigenvalue weighted by Gasteiger charge is 2.11. The molecule has 0 saturated heterocycles. The second-order valence-corrected chi connectivity index (χ2v) is 5.81. The Hall–Kier alpha value is -3.49. The third kappa shape index (κ3) is 3.94. The molecule has 2 heterocycles. The molecule has 0 saturated carbocycles. The molecule has 0 fully saturated rings. The van der Waals surface area contributed by atoms with Crippen LogP contribution in [0.15, 0.2) is 34.9 Å². The Balaban J connectivity index is 1.56. The summed E-state index contributed by atoms with van der Waals surface area (Å²) in [5, 5.41) is 7.92. The summed E-state index contributed by atoms with van der Waals surface area (Å²) in [5.41, 5.74) is 7.54. The smallest absolute Gasteiger partial charge is 0.269 e. The highest BCUT2D eigenvalue weighted by Crippen LogP contribution is 2.17. The van der Waals surface area contributed by atoms with E-state index in [-0.39, 0.29) is 12.5 Å². The minimum absolute atomic E-state index is 0.0232. The number of carbonyl (C=O) groups is 2. The third-order valence-corrected chi connectivity index (χ3v) is 3.63. The van der Waals surface area contributed by atoms with Gasteiger partial charge in [0.15, 0.2) is 5.82 Å². The third-order valence-electron chi connectivity index (χ3n) is 3.63. The van der Waals surface area contributed by atoms with Crippen LogP contribution in [0.2, 0.25) is 0 Å². The van der Waals surface area contributed by atoms with Crippen LogP contribution < -0.4 is 10.9 Å². The van der Waals surface area contributed by atoms with Crippen molar-refractivity contribution in [2.24, 2.45) is 0 Å². The van der Waals surface area contributed by atoms with E-state index in [1.807, 2.05) is 19.9 Å². The molecule has 3 aromatic rings. The van der Waals surface area contributed by atoms with Crippen molar-refractivity contribution in [1.29, 1.82) is 0 Å². The number of hydrogen-bond donors (Lipinski definition) is 2. The van der Waals surface area contributed by atoms with Gasteiger partial charge in [-0.1, -0.05) is 5.16 Å². The van der Waals surface area contributed by atoms with E-state index in [9.17, 15) is 9.59 Å². The van der Waals surface area contributed by atoms with Gasteiger partial charge < -0.3 is 4.52 Å². The Morgan fingerprint density at radius 2 is 1.85 bits per heavy atom. The van der Waals surface area contributed by atoms with Crippen molar-refractivity contribution < 1.29 is 14.1 Å². The Bertz CT molecular complexity index is 942. The molecule has 1 aromatic carbocycles. The first-order valence-corrected chi connectivity index (χ1v) is 7.93. The number of aromatic nitrogens is 4. The predicted molar refractivity (Wildman–Crippen MR) is 91.8 cm³/mol. The molecule has 9 nitrogen and oxygen atoms in total. The van der Waals surface area contributed by atoms with Gasteiger partial charge in [-0.05, 0) is 51.1 Å². The van der Waals surface area contributed by atoms with Gasteiger partial charge in [0, 0.05) is 16.8 Å². The van der Waals surface area contributed by atoms with E-state index in [1.165, 1.54) is 0 Å². The van der Waals surface area contributed by atoms with E-state index in [4.69, 9.17) is 4.52 Å². The van der Waals surface area contributed by atoms with E-state index in [2.05, 4.69) is 26.1 Å². The fourth-order valence-corrected chi connectivity index (χ4v) is 2.39. The molecule has 3 rings (SSSR count). The van der Waals surface area contributed by atoms with E-state index in [1.54, 1.807) is 35.9 Å². The molecule has 2 aromatic heterocycles. The molecule has 9 heteroatoms. The van der Waals surface area contributed by atoms with Crippen molar-refractivity contribution in [1.82, 2.24) is 30.8 Å². The molecule has 0 aliphatic heterocycles. The van der Waals surface area contributed by atoms with Crippen LogP contribution in [0.3, 0.4) is 0 Å².